The van der Waals surface area contributed by atoms with Gasteiger partial charge in [-0.3, -0.25) is 0 Å². The molecule has 0 aromatic carbocycles. The minimum absolute atomic E-state index is 0.126. The van der Waals surface area contributed by atoms with Gasteiger partial charge in [-0.1, -0.05) is 13.3 Å². The van der Waals surface area contributed by atoms with Crippen molar-refractivity contribution in [2.45, 2.75) is 25.9 Å². The van der Waals surface area contributed by atoms with Crippen LogP contribution < -0.4 is 4.72 Å². The van der Waals surface area contributed by atoms with Gasteiger partial charge in [0.1, 0.15) is 0 Å². The smallest absolute Gasteiger partial charge is 0.211 e. The number of unbranched alkanes of at least 4 members (excludes halogenated alkanes) is 1. The average molecular weight is 193 g/mol. The van der Waals surface area contributed by atoms with Crippen LogP contribution in [0.15, 0.2) is 0 Å². The van der Waals surface area contributed by atoms with Gasteiger partial charge in [0.2, 0.25) is 10.0 Å². The Morgan fingerprint density at radius 2 is 2.25 bits per heavy atom. The molecular weight excluding hydrogens is 178 g/mol. The summed E-state index contributed by atoms with van der Waals surface area (Å²) in [7, 11) is -3.03. The number of nitrogens with one attached hydrogen (secondary N) is 1. The molecule has 1 aliphatic rings. The highest BCUT2D eigenvalue weighted by Crippen LogP contribution is 2.07. The zero-order valence-electron chi connectivity index (χ0n) is 7.25. The number of hydrogen-bond donors (Lipinski definition) is 1. The van der Waals surface area contributed by atoms with E-state index < -0.39 is 10.0 Å². The average Bonchev–Trinajstić information content (AvgIpc) is 2.81. The minimum atomic E-state index is -3.03. The quantitative estimate of drug-likeness (QED) is 0.609. The predicted octanol–water partition coefficient (Wildman–Crippen LogP) is 0.105. The molecule has 1 saturated heterocycles. The fraction of sp³-hybridized carbons (Fsp3) is 1.00. The van der Waals surface area contributed by atoms with Crippen molar-refractivity contribution in [1.29, 1.82) is 0 Å². The van der Waals surface area contributed by atoms with Crippen molar-refractivity contribution in [2.75, 3.05) is 18.9 Å². The molecule has 12 heavy (non-hydrogen) atoms. The largest absolute Gasteiger partial charge is 0.372 e. The standard InChI is InChI=1S/C7H15NO3S/c1-2-3-4-12(9,10)8-5-7-6-11-7/h7-8H,2-6H2,1H3/t7-/m0/s1. The molecule has 1 atom stereocenters. The Hall–Kier alpha value is -0.130. The second-order valence-corrected chi connectivity index (χ2v) is 4.90. The van der Waals surface area contributed by atoms with Crippen LogP contribution in [-0.2, 0) is 14.8 Å². The molecule has 0 unspecified atom stereocenters. The van der Waals surface area contributed by atoms with Crippen LogP contribution in [-0.4, -0.2) is 33.4 Å². The number of hydrogen-bond acceptors (Lipinski definition) is 3. The van der Waals surface area contributed by atoms with Crippen molar-refractivity contribution >= 4 is 10.0 Å². The fourth-order valence-corrected chi connectivity index (χ4v) is 2.07. The summed E-state index contributed by atoms with van der Waals surface area (Å²) in [5.41, 5.74) is 0. The molecule has 72 valence electrons. The van der Waals surface area contributed by atoms with Crippen molar-refractivity contribution in [3.63, 3.8) is 0 Å². The van der Waals surface area contributed by atoms with Gasteiger partial charge in [-0.2, -0.15) is 0 Å². The third kappa shape index (κ3) is 4.04. The summed E-state index contributed by atoms with van der Waals surface area (Å²) in [5.74, 6) is 0.232. The maximum atomic E-state index is 11.2. The van der Waals surface area contributed by atoms with Crippen LogP contribution in [0.4, 0.5) is 0 Å². The lowest BCUT2D eigenvalue weighted by Crippen LogP contribution is -2.29. The van der Waals surface area contributed by atoms with Crippen molar-refractivity contribution < 1.29 is 13.2 Å². The van der Waals surface area contributed by atoms with Crippen LogP contribution in [0.5, 0.6) is 0 Å². The zero-order valence-corrected chi connectivity index (χ0v) is 8.06. The second-order valence-electron chi connectivity index (χ2n) is 2.98. The molecule has 0 spiro atoms. The summed E-state index contributed by atoms with van der Waals surface area (Å²) in [6.45, 7) is 3.10. The summed E-state index contributed by atoms with van der Waals surface area (Å²) in [4.78, 5) is 0. The lowest BCUT2D eigenvalue weighted by Gasteiger charge is -2.02. The third-order valence-corrected chi connectivity index (χ3v) is 3.13. The van der Waals surface area contributed by atoms with Crippen molar-refractivity contribution in [3.05, 3.63) is 0 Å². The predicted molar refractivity (Wildman–Crippen MR) is 46.4 cm³/mol. The van der Waals surface area contributed by atoms with E-state index >= 15 is 0 Å². The summed E-state index contributed by atoms with van der Waals surface area (Å²) >= 11 is 0. The summed E-state index contributed by atoms with van der Waals surface area (Å²) in [6, 6.07) is 0. The number of rotatable bonds is 6. The van der Waals surface area contributed by atoms with Gasteiger partial charge in [0.25, 0.3) is 0 Å². The number of sulfonamides is 1. The molecule has 0 saturated carbocycles. The first-order valence-electron chi connectivity index (χ1n) is 4.23. The van der Waals surface area contributed by atoms with Gasteiger partial charge in [0, 0.05) is 6.54 Å². The highest BCUT2D eigenvalue weighted by molar-refractivity contribution is 7.89. The molecule has 1 aliphatic heterocycles. The molecule has 4 nitrogen and oxygen atoms in total. The SMILES string of the molecule is CCCCS(=O)(=O)NC[C@H]1CO1. The lowest BCUT2D eigenvalue weighted by molar-refractivity contribution is 0.406. The Labute approximate surface area is 73.3 Å². The molecule has 1 fully saturated rings. The normalized spacial score (nSPS) is 22.6. The summed E-state index contributed by atoms with van der Waals surface area (Å²) < 4.78 is 29.7. The molecular formula is C7H15NO3S. The maximum absolute atomic E-state index is 11.2. The zero-order chi connectivity index (χ0) is 9.03. The van der Waals surface area contributed by atoms with Crippen LogP contribution in [0.3, 0.4) is 0 Å². The van der Waals surface area contributed by atoms with Gasteiger partial charge in [-0.05, 0) is 6.42 Å². The van der Waals surface area contributed by atoms with Gasteiger partial charge in [0.05, 0.1) is 18.5 Å². The van der Waals surface area contributed by atoms with E-state index in [0.717, 1.165) is 12.8 Å². The molecule has 0 aromatic rings. The van der Waals surface area contributed by atoms with E-state index in [4.69, 9.17) is 4.74 Å². The molecule has 1 rings (SSSR count). The van der Waals surface area contributed by atoms with Crippen molar-refractivity contribution in [2.24, 2.45) is 0 Å². The first-order chi connectivity index (χ1) is 5.64. The molecule has 5 heteroatoms. The van der Waals surface area contributed by atoms with Crippen molar-refractivity contribution in [3.8, 4) is 0 Å². The highest BCUT2D eigenvalue weighted by Gasteiger charge is 2.24. The number of epoxide rings is 1. The Morgan fingerprint density at radius 3 is 2.75 bits per heavy atom. The first-order valence-corrected chi connectivity index (χ1v) is 5.88. The molecule has 0 amide bonds. The highest BCUT2D eigenvalue weighted by atomic mass is 32.2. The second kappa shape index (κ2) is 4.20. The van der Waals surface area contributed by atoms with Crippen LogP contribution >= 0.6 is 0 Å². The van der Waals surface area contributed by atoms with E-state index in [2.05, 4.69) is 4.72 Å². The van der Waals surface area contributed by atoms with Gasteiger partial charge < -0.3 is 4.74 Å². The molecule has 1 N–H and O–H groups in total. The summed E-state index contributed by atoms with van der Waals surface area (Å²) in [6.07, 6.45) is 1.75. The van der Waals surface area contributed by atoms with E-state index in [0.29, 0.717) is 13.2 Å². The van der Waals surface area contributed by atoms with E-state index in [1.807, 2.05) is 6.92 Å². The Balaban J connectivity index is 2.17. The van der Waals surface area contributed by atoms with E-state index in [-0.39, 0.29) is 11.9 Å². The van der Waals surface area contributed by atoms with Gasteiger partial charge in [-0.15, -0.1) is 0 Å². The van der Waals surface area contributed by atoms with Crippen LogP contribution in [0.2, 0.25) is 0 Å². The van der Waals surface area contributed by atoms with Crippen LogP contribution in [0.25, 0.3) is 0 Å². The first kappa shape index (κ1) is 9.95. The molecule has 0 aromatic heterocycles. The Bertz CT molecular complexity index is 221. The van der Waals surface area contributed by atoms with Crippen LogP contribution in [0.1, 0.15) is 19.8 Å². The van der Waals surface area contributed by atoms with Crippen molar-refractivity contribution in [1.82, 2.24) is 4.72 Å². The molecule has 0 radical (unpaired) electrons. The maximum Gasteiger partial charge on any atom is 0.211 e. The van der Waals surface area contributed by atoms with E-state index in [1.54, 1.807) is 0 Å². The molecule has 0 bridgehead atoms. The topological polar surface area (TPSA) is 58.7 Å². The van der Waals surface area contributed by atoms with Gasteiger partial charge >= 0.3 is 0 Å². The Kier molecular flexibility index (Phi) is 3.49. The van der Waals surface area contributed by atoms with E-state index in [1.165, 1.54) is 0 Å². The third-order valence-electron chi connectivity index (χ3n) is 1.70. The number of ether oxygens (including phenoxy) is 1. The molecule has 0 aliphatic carbocycles. The minimum Gasteiger partial charge on any atom is -0.372 e. The fourth-order valence-electron chi connectivity index (χ4n) is 0.812. The van der Waals surface area contributed by atoms with Gasteiger partial charge in [0.15, 0.2) is 0 Å². The monoisotopic (exact) mass is 193 g/mol. The van der Waals surface area contributed by atoms with Gasteiger partial charge in [-0.25, -0.2) is 13.1 Å². The lowest BCUT2D eigenvalue weighted by atomic mass is 10.4. The van der Waals surface area contributed by atoms with Crippen LogP contribution in [0, 0.1) is 0 Å². The molecule has 1 heterocycles. The van der Waals surface area contributed by atoms with E-state index in [9.17, 15) is 8.42 Å². The Morgan fingerprint density at radius 1 is 1.58 bits per heavy atom. The summed E-state index contributed by atoms with van der Waals surface area (Å²) in [5, 5.41) is 0.